The molecule has 7 heteroatoms. The van der Waals surface area contributed by atoms with Crippen molar-refractivity contribution < 1.29 is 23.5 Å². The first kappa shape index (κ1) is 25.5. The average molecular weight is 491 g/mol. The maximum Gasteiger partial charge on any atom is 0.309 e. The fourth-order valence-corrected chi connectivity index (χ4v) is 4.57. The van der Waals surface area contributed by atoms with Crippen molar-refractivity contribution in [1.82, 2.24) is 9.80 Å². The second kappa shape index (κ2) is 12.4. The fraction of sp³-hybridized carbons (Fsp3) is 0.379. The van der Waals surface area contributed by atoms with Crippen molar-refractivity contribution in [1.29, 1.82) is 0 Å². The summed E-state index contributed by atoms with van der Waals surface area (Å²) >= 11 is 0. The Morgan fingerprint density at radius 1 is 0.944 bits per heavy atom. The van der Waals surface area contributed by atoms with E-state index in [0.29, 0.717) is 51.4 Å². The number of methoxy groups -OCH3 is 1. The number of ether oxygens (including phenoxy) is 2. The lowest BCUT2D eigenvalue weighted by molar-refractivity contribution is -0.149. The number of benzene rings is 2. The molecule has 0 unspecified atom stereocenters. The van der Waals surface area contributed by atoms with Crippen molar-refractivity contribution >= 4 is 11.9 Å². The molecule has 1 aromatic heterocycles. The monoisotopic (exact) mass is 490 g/mol. The van der Waals surface area contributed by atoms with Crippen LogP contribution in [-0.2, 0) is 29.2 Å². The van der Waals surface area contributed by atoms with Gasteiger partial charge in [0.1, 0.15) is 11.5 Å². The molecule has 7 nitrogen and oxygen atoms in total. The molecule has 0 spiro atoms. The van der Waals surface area contributed by atoms with E-state index in [2.05, 4.69) is 23.1 Å². The second-order valence-electron chi connectivity index (χ2n) is 9.07. The van der Waals surface area contributed by atoms with E-state index in [9.17, 15) is 9.59 Å². The van der Waals surface area contributed by atoms with Crippen LogP contribution in [0.15, 0.2) is 71.1 Å². The van der Waals surface area contributed by atoms with Crippen molar-refractivity contribution in [3.8, 4) is 5.75 Å². The van der Waals surface area contributed by atoms with E-state index in [4.69, 9.17) is 13.9 Å². The van der Waals surface area contributed by atoms with Gasteiger partial charge in [0, 0.05) is 26.2 Å². The molecule has 3 aromatic rings. The van der Waals surface area contributed by atoms with Gasteiger partial charge in [0.15, 0.2) is 5.76 Å². The van der Waals surface area contributed by atoms with E-state index < -0.39 is 0 Å². The molecule has 4 rings (SSSR count). The molecule has 1 aliphatic rings. The highest BCUT2D eigenvalue weighted by Gasteiger charge is 2.29. The summed E-state index contributed by atoms with van der Waals surface area (Å²) in [7, 11) is 1.67. The minimum atomic E-state index is -0.167. The molecule has 0 radical (unpaired) electrons. The Kier molecular flexibility index (Phi) is 8.79. The van der Waals surface area contributed by atoms with Crippen LogP contribution >= 0.6 is 0 Å². The van der Waals surface area contributed by atoms with E-state index in [0.717, 1.165) is 23.6 Å². The topological polar surface area (TPSA) is 72.2 Å². The van der Waals surface area contributed by atoms with Crippen molar-refractivity contribution in [3.63, 3.8) is 0 Å². The number of hydrogen-bond acceptors (Lipinski definition) is 6. The largest absolute Gasteiger partial charge is 0.497 e. The van der Waals surface area contributed by atoms with Crippen LogP contribution in [0.2, 0.25) is 0 Å². The number of piperidine rings is 1. The van der Waals surface area contributed by atoms with Crippen LogP contribution in [0.5, 0.6) is 5.75 Å². The minimum absolute atomic E-state index is 0.133. The summed E-state index contributed by atoms with van der Waals surface area (Å²) in [4.78, 5) is 29.1. The molecule has 0 saturated carbocycles. The molecule has 36 heavy (non-hydrogen) atoms. The molecule has 190 valence electrons. The number of nitrogens with zero attached hydrogens (tertiary/aromatic N) is 2. The van der Waals surface area contributed by atoms with Gasteiger partial charge in [-0.2, -0.15) is 0 Å². The van der Waals surface area contributed by atoms with Gasteiger partial charge in [0.2, 0.25) is 0 Å². The number of amides is 1. The number of furan rings is 1. The zero-order valence-corrected chi connectivity index (χ0v) is 21.0. The quantitative estimate of drug-likeness (QED) is 0.376. The van der Waals surface area contributed by atoms with Gasteiger partial charge >= 0.3 is 5.97 Å². The molecule has 1 fully saturated rings. The third-order valence-electron chi connectivity index (χ3n) is 6.44. The Morgan fingerprint density at radius 2 is 1.67 bits per heavy atom. The molecule has 2 aromatic carbocycles. The van der Waals surface area contributed by atoms with E-state index in [1.54, 1.807) is 18.1 Å². The van der Waals surface area contributed by atoms with Crippen molar-refractivity contribution in [2.24, 2.45) is 5.92 Å². The molecule has 1 saturated heterocycles. The van der Waals surface area contributed by atoms with Crippen LogP contribution in [0, 0.1) is 5.92 Å². The van der Waals surface area contributed by atoms with Crippen molar-refractivity contribution in [3.05, 3.63) is 89.4 Å². The predicted molar refractivity (Wildman–Crippen MR) is 136 cm³/mol. The molecular weight excluding hydrogens is 456 g/mol. The van der Waals surface area contributed by atoms with Crippen LogP contribution in [0.4, 0.5) is 0 Å². The van der Waals surface area contributed by atoms with Crippen LogP contribution in [-0.4, -0.2) is 48.5 Å². The maximum atomic E-state index is 13.0. The van der Waals surface area contributed by atoms with Gasteiger partial charge in [-0.15, -0.1) is 0 Å². The van der Waals surface area contributed by atoms with Crippen LogP contribution in [0.1, 0.15) is 47.2 Å². The minimum Gasteiger partial charge on any atom is -0.497 e. The Balaban J connectivity index is 1.41. The zero-order valence-electron chi connectivity index (χ0n) is 21.0. The Morgan fingerprint density at radius 3 is 2.39 bits per heavy atom. The lowest BCUT2D eigenvalue weighted by Gasteiger charge is -2.30. The van der Waals surface area contributed by atoms with E-state index in [1.807, 2.05) is 49.4 Å². The highest BCUT2D eigenvalue weighted by atomic mass is 16.5. The number of carbonyl (C=O) groups excluding carboxylic acids is 2. The summed E-state index contributed by atoms with van der Waals surface area (Å²) in [6.45, 7) is 5.24. The summed E-state index contributed by atoms with van der Waals surface area (Å²) in [5.74, 6) is 1.46. The van der Waals surface area contributed by atoms with E-state index >= 15 is 0 Å². The summed E-state index contributed by atoms with van der Waals surface area (Å²) in [5, 5.41) is 0. The van der Waals surface area contributed by atoms with Gasteiger partial charge in [-0.3, -0.25) is 14.5 Å². The Labute approximate surface area is 212 Å². The molecule has 0 N–H and O–H groups in total. The lowest BCUT2D eigenvalue weighted by Crippen LogP contribution is -2.40. The number of rotatable bonds is 10. The second-order valence-corrected chi connectivity index (χ2v) is 9.07. The molecule has 1 amide bonds. The third-order valence-corrected chi connectivity index (χ3v) is 6.44. The highest BCUT2D eigenvalue weighted by Crippen LogP contribution is 2.23. The SMILES string of the molecule is CCOC(=O)C1CCN(C(=O)c2ccc(CN(Cc3ccccc3)Cc3cccc(OC)c3)o2)CC1. The highest BCUT2D eigenvalue weighted by molar-refractivity contribution is 5.91. The molecule has 0 atom stereocenters. The van der Waals surface area contributed by atoms with Gasteiger partial charge in [-0.05, 0) is 55.2 Å². The number of hydrogen-bond donors (Lipinski definition) is 0. The molecule has 0 bridgehead atoms. The molecule has 2 heterocycles. The van der Waals surface area contributed by atoms with Crippen LogP contribution < -0.4 is 4.74 Å². The number of likely N-dealkylation sites (tertiary alicyclic amines) is 1. The van der Waals surface area contributed by atoms with Gasteiger partial charge in [0.05, 0.1) is 26.2 Å². The lowest BCUT2D eigenvalue weighted by atomic mass is 9.97. The Hall–Kier alpha value is -3.58. The van der Waals surface area contributed by atoms with Crippen molar-refractivity contribution in [2.45, 2.75) is 39.4 Å². The molecular formula is C29H34N2O5. The first-order chi connectivity index (χ1) is 17.6. The van der Waals surface area contributed by atoms with E-state index in [-0.39, 0.29) is 17.8 Å². The summed E-state index contributed by atoms with van der Waals surface area (Å²) in [6.07, 6.45) is 1.23. The molecule has 1 aliphatic heterocycles. The van der Waals surface area contributed by atoms with E-state index in [1.165, 1.54) is 5.56 Å². The number of carbonyl (C=O) groups is 2. The Bertz CT molecular complexity index is 1140. The summed E-state index contributed by atoms with van der Waals surface area (Å²) in [5.41, 5.74) is 2.34. The van der Waals surface area contributed by atoms with Crippen LogP contribution in [0.25, 0.3) is 0 Å². The first-order valence-electron chi connectivity index (χ1n) is 12.5. The normalized spacial score (nSPS) is 14.1. The first-order valence-corrected chi connectivity index (χ1v) is 12.5. The van der Waals surface area contributed by atoms with Gasteiger partial charge in [0.25, 0.3) is 5.91 Å². The zero-order chi connectivity index (χ0) is 25.3. The third kappa shape index (κ3) is 6.76. The average Bonchev–Trinajstić information content (AvgIpc) is 3.37. The maximum absolute atomic E-state index is 13.0. The molecule has 0 aliphatic carbocycles. The van der Waals surface area contributed by atoms with Gasteiger partial charge < -0.3 is 18.8 Å². The smallest absolute Gasteiger partial charge is 0.309 e. The standard InChI is InChI=1S/C29H34N2O5/c1-3-35-29(33)24-14-16-31(17-15-24)28(32)27-13-12-26(36-27)21-30(19-22-8-5-4-6-9-22)20-23-10-7-11-25(18-23)34-2/h4-13,18,24H,3,14-17,19-21H2,1-2H3. The van der Waals surface area contributed by atoms with Crippen LogP contribution in [0.3, 0.4) is 0 Å². The summed E-state index contributed by atoms with van der Waals surface area (Å²) in [6, 6.07) is 22.0. The summed E-state index contributed by atoms with van der Waals surface area (Å²) < 4.78 is 16.5. The fourth-order valence-electron chi connectivity index (χ4n) is 4.57. The van der Waals surface area contributed by atoms with Crippen molar-refractivity contribution in [2.75, 3.05) is 26.8 Å². The number of esters is 1. The van der Waals surface area contributed by atoms with Gasteiger partial charge in [-0.25, -0.2) is 0 Å². The predicted octanol–water partition coefficient (Wildman–Crippen LogP) is 4.91. The van der Waals surface area contributed by atoms with Gasteiger partial charge in [-0.1, -0.05) is 42.5 Å².